The molecule has 0 saturated heterocycles. The van der Waals surface area contributed by atoms with Crippen LogP contribution in [0.15, 0.2) is 61.2 Å². The van der Waals surface area contributed by atoms with Gasteiger partial charge in [-0.2, -0.15) is 0 Å². The highest BCUT2D eigenvalue weighted by molar-refractivity contribution is 7.98. The number of hydrogen-bond acceptors (Lipinski definition) is 7. The highest BCUT2D eigenvalue weighted by Crippen LogP contribution is 2.28. The van der Waals surface area contributed by atoms with E-state index in [-0.39, 0.29) is 0 Å². The van der Waals surface area contributed by atoms with E-state index in [0.29, 0.717) is 28.4 Å². The van der Waals surface area contributed by atoms with Crippen LogP contribution < -0.4 is 0 Å². The second kappa shape index (κ2) is 6.60. The number of nitrogens with zero attached hydrogens (tertiary/aromatic N) is 3. The van der Waals surface area contributed by atoms with Crippen molar-refractivity contribution in [2.24, 2.45) is 0 Å². The molecule has 0 fully saturated rings. The maximum Gasteiger partial charge on any atom is 0.277 e. The summed E-state index contributed by atoms with van der Waals surface area (Å²) < 4.78 is 16.3. The minimum Gasteiger partial charge on any atom is -0.461 e. The molecule has 6 nitrogen and oxygen atoms in total. The predicted molar refractivity (Wildman–Crippen MR) is 93.0 cm³/mol. The maximum atomic E-state index is 5.74. The Labute approximate surface area is 148 Å². The summed E-state index contributed by atoms with van der Waals surface area (Å²) in [7, 11) is 0. The minimum absolute atomic E-state index is 0.497. The van der Waals surface area contributed by atoms with Gasteiger partial charge >= 0.3 is 0 Å². The molecule has 126 valence electrons. The number of benzene rings is 1. The minimum atomic E-state index is 0.497. The molecule has 0 unspecified atom stereocenters. The van der Waals surface area contributed by atoms with Gasteiger partial charge in [0.25, 0.3) is 5.22 Å². The number of furan rings is 1. The van der Waals surface area contributed by atoms with Gasteiger partial charge in [-0.15, -0.1) is 10.2 Å². The smallest absolute Gasteiger partial charge is 0.277 e. The van der Waals surface area contributed by atoms with E-state index in [1.165, 1.54) is 11.8 Å². The zero-order chi connectivity index (χ0) is 17.2. The van der Waals surface area contributed by atoms with E-state index in [0.717, 1.165) is 22.4 Å². The van der Waals surface area contributed by atoms with Crippen LogP contribution in [0.5, 0.6) is 0 Å². The summed E-state index contributed by atoms with van der Waals surface area (Å²) in [4.78, 5) is 0. The van der Waals surface area contributed by atoms with Crippen LogP contribution in [0.2, 0.25) is 0 Å². The molecule has 0 aliphatic heterocycles. The molecular formula is C18H15N3O3S. The van der Waals surface area contributed by atoms with Crippen molar-refractivity contribution in [2.75, 3.05) is 0 Å². The zero-order valence-electron chi connectivity index (χ0n) is 13.7. The Morgan fingerprint density at radius 2 is 1.84 bits per heavy atom. The molecule has 0 bridgehead atoms. The lowest BCUT2D eigenvalue weighted by atomic mass is 10.1. The molecule has 0 amide bonds. The molecule has 3 aromatic heterocycles. The zero-order valence-corrected chi connectivity index (χ0v) is 14.5. The topological polar surface area (TPSA) is 78.1 Å². The monoisotopic (exact) mass is 353 g/mol. The first kappa shape index (κ1) is 15.7. The first-order chi connectivity index (χ1) is 12.2. The SMILES string of the molecule is Cc1cc(C)cc(-c2nnc(SCc3cc(-c4ccco4)on3)o2)c1. The van der Waals surface area contributed by atoms with E-state index in [9.17, 15) is 0 Å². The molecule has 0 spiro atoms. The van der Waals surface area contributed by atoms with Crippen LogP contribution in [-0.4, -0.2) is 15.4 Å². The Hall–Kier alpha value is -2.80. The van der Waals surface area contributed by atoms with Crippen molar-refractivity contribution in [3.63, 3.8) is 0 Å². The van der Waals surface area contributed by atoms with Crippen LogP contribution in [0, 0.1) is 13.8 Å². The van der Waals surface area contributed by atoms with Gasteiger partial charge in [-0.3, -0.25) is 0 Å². The molecule has 0 aliphatic carbocycles. The van der Waals surface area contributed by atoms with E-state index in [1.54, 1.807) is 12.3 Å². The average molecular weight is 353 g/mol. The van der Waals surface area contributed by atoms with Crippen molar-refractivity contribution in [2.45, 2.75) is 24.8 Å². The molecule has 25 heavy (non-hydrogen) atoms. The van der Waals surface area contributed by atoms with E-state index in [2.05, 4.69) is 21.4 Å². The lowest BCUT2D eigenvalue weighted by Crippen LogP contribution is -1.82. The van der Waals surface area contributed by atoms with Gasteiger partial charge in [0.1, 0.15) is 0 Å². The molecule has 0 radical (unpaired) electrons. The normalized spacial score (nSPS) is 11.1. The molecule has 3 heterocycles. The first-order valence-corrected chi connectivity index (χ1v) is 8.70. The Kier molecular flexibility index (Phi) is 4.15. The summed E-state index contributed by atoms with van der Waals surface area (Å²) in [6.45, 7) is 4.09. The summed E-state index contributed by atoms with van der Waals surface area (Å²) in [5, 5.41) is 12.8. The van der Waals surface area contributed by atoms with Gasteiger partial charge in [-0.25, -0.2) is 0 Å². The van der Waals surface area contributed by atoms with E-state index in [4.69, 9.17) is 13.4 Å². The van der Waals surface area contributed by atoms with E-state index in [1.807, 2.05) is 38.1 Å². The summed E-state index contributed by atoms with van der Waals surface area (Å²) in [6, 6.07) is 11.6. The van der Waals surface area contributed by atoms with Crippen LogP contribution in [0.3, 0.4) is 0 Å². The predicted octanol–water partition coefficient (Wildman–Crippen LogP) is 4.89. The van der Waals surface area contributed by atoms with Crippen molar-refractivity contribution in [1.29, 1.82) is 0 Å². The quantitative estimate of drug-likeness (QED) is 0.472. The lowest BCUT2D eigenvalue weighted by molar-refractivity contribution is 0.413. The van der Waals surface area contributed by atoms with Crippen LogP contribution >= 0.6 is 11.8 Å². The summed E-state index contributed by atoms with van der Waals surface area (Å²) in [5.41, 5.74) is 4.03. The fourth-order valence-corrected chi connectivity index (χ4v) is 3.18. The molecule has 0 N–H and O–H groups in total. The van der Waals surface area contributed by atoms with Crippen molar-refractivity contribution in [3.8, 4) is 23.0 Å². The molecule has 0 aliphatic rings. The van der Waals surface area contributed by atoms with Crippen molar-refractivity contribution in [1.82, 2.24) is 15.4 Å². The van der Waals surface area contributed by atoms with Crippen molar-refractivity contribution in [3.05, 3.63) is 59.5 Å². The molecule has 1 aromatic carbocycles. The standard InChI is InChI=1S/C18H15N3O3S/c1-11-6-12(2)8-13(7-11)17-19-20-18(23-17)25-10-14-9-16(24-21-14)15-4-3-5-22-15/h3-9H,10H2,1-2H3. The molecular weight excluding hydrogens is 338 g/mol. The molecule has 7 heteroatoms. The highest BCUT2D eigenvalue weighted by Gasteiger charge is 2.13. The Morgan fingerprint density at radius 3 is 2.60 bits per heavy atom. The largest absolute Gasteiger partial charge is 0.461 e. The Bertz CT molecular complexity index is 969. The number of aryl methyl sites for hydroxylation is 2. The highest BCUT2D eigenvalue weighted by atomic mass is 32.2. The third kappa shape index (κ3) is 3.51. The fourth-order valence-electron chi connectivity index (χ4n) is 2.53. The van der Waals surface area contributed by atoms with Gasteiger partial charge in [0.05, 0.1) is 12.0 Å². The Balaban J connectivity index is 1.45. The van der Waals surface area contributed by atoms with Gasteiger partial charge in [-0.1, -0.05) is 34.1 Å². The van der Waals surface area contributed by atoms with Gasteiger partial charge < -0.3 is 13.4 Å². The number of thioether (sulfide) groups is 1. The summed E-state index contributed by atoms with van der Waals surface area (Å²) in [6.07, 6.45) is 1.60. The summed E-state index contributed by atoms with van der Waals surface area (Å²) in [5.74, 6) is 2.34. The second-order valence-corrected chi connectivity index (χ2v) is 6.62. The fraction of sp³-hybridized carbons (Fsp3) is 0.167. The molecule has 4 aromatic rings. The third-order valence-electron chi connectivity index (χ3n) is 3.54. The third-order valence-corrected chi connectivity index (χ3v) is 4.39. The molecule has 4 rings (SSSR count). The molecule has 0 atom stereocenters. The number of rotatable bonds is 5. The van der Waals surface area contributed by atoms with Crippen LogP contribution in [0.4, 0.5) is 0 Å². The van der Waals surface area contributed by atoms with Gasteiger partial charge in [-0.05, 0) is 38.1 Å². The van der Waals surface area contributed by atoms with Gasteiger partial charge in [0.15, 0.2) is 5.76 Å². The van der Waals surface area contributed by atoms with Gasteiger partial charge in [0.2, 0.25) is 11.7 Å². The van der Waals surface area contributed by atoms with Crippen molar-refractivity contribution < 1.29 is 13.4 Å². The number of aromatic nitrogens is 3. The first-order valence-electron chi connectivity index (χ1n) is 7.72. The van der Waals surface area contributed by atoms with Crippen LogP contribution in [0.25, 0.3) is 23.0 Å². The summed E-state index contributed by atoms with van der Waals surface area (Å²) >= 11 is 1.41. The lowest BCUT2D eigenvalue weighted by Gasteiger charge is -1.99. The molecule has 0 saturated carbocycles. The maximum absolute atomic E-state index is 5.74. The van der Waals surface area contributed by atoms with E-state index >= 15 is 0 Å². The van der Waals surface area contributed by atoms with Crippen molar-refractivity contribution >= 4 is 11.8 Å². The average Bonchev–Trinajstić information content (AvgIpc) is 3.32. The Morgan fingerprint density at radius 1 is 1.00 bits per heavy atom. The van der Waals surface area contributed by atoms with Gasteiger partial charge in [0, 0.05) is 17.4 Å². The number of hydrogen-bond donors (Lipinski definition) is 0. The van der Waals surface area contributed by atoms with Crippen LogP contribution in [-0.2, 0) is 5.75 Å². The van der Waals surface area contributed by atoms with E-state index < -0.39 is 0 Å². The van der Waals surface area contributed by atoms with Crippen LogP contribution in [0.1, 0.15) is 16.8 Å². The second-order valence-electron chi connectivity index (χ2n) is 5.70.